The molecule has 1 amide bonds. The fraction of sp³-hybridized carbons (Fsp3) is 0.364. The number of hydrogen-bond donors (Lipinski definition) is 2. The molecule has 4 rings (SSSR count). The number of carbonyl (C=O) groups is 2. The van der Waals surface area contributed by atoms with E-state index in [0.29, 0.717) is 24.7 Å². The van der Waals surface area contributed by atoms with Crippen molar-refractivity contribution in [2.24, 2.45) is 0 Å². The Kier molecular flexibility index (Phi) is 6.50. The molecule has 170 valence electrons. The van der Waals surface area contributed by atoms with Crippen molar-refractivity contribution in [1.29, 1.82) is 0 Å². The first-order valence-electron chi connectivity index (χ1n) is 10.4. The van der Waals surface area contributed by atoms with E-state index in [4.69, 9.17) is 14.2 Å². The quantitative estimate of drug-likeness (QED) is 0.609. The standard InChI is InChI=1S/C22H24N2O7S/c25-21(23-16-3-1-2-4-16)14-31-22(26)15-5-7-17(8-6-15)24-32(27,28)18-9-10-19-20(13-18)30-12-11-29-19/h5-10,13,16,24H,1-4,11-12,14H2,(H,23,25). The Labute approximate surface area is 186 Å². The summed E-state index contributed by atoms with van der Waals surface area (Å²) in [4.78, 5) is 24.1. The molecule has 0 aromatic heterocycles. The zero-order valence-electron chi connectivity index (χ0n) is 17.3. The SMILES string of the molecule is O=C(COC(=O)c1ccc(NS(=O)(=O)c2ccc3c(c2)OCCO3)cc1)NC1CCCC1. The van der Waals surface area contributed by atoms with Gasteiger partial charge in [0.15, 0.2) is 18.1 Å². The maximum atomic E-state index is 12.7. The van der Waals surface area contributed by atoms with Gasteiger partial charge in [0.25, 0.3) is 15.9 Å². The molecule has 1 saturated carbocycles. The van der Waals surface area contributed by atoms with Crippen molar-refractivity contribution >= 4 is 27.6 Å². The molecule has 2 aromatic carbocycles. The van der Waals surface area contributed by atoms with Crippen molar-refractivity contribution in [3.8, 4) is 11.5 Å². The van der Waals surface area contributed by atoms with Gasteiger partial charge in [-0.05, 0) is 49.2 Å². The van der Waals surface area contributed by atoms with Crippen LogP contribution >= 0.6 is 0 Å². The highest BCUT2D eigenvalue weighted by Gasteiger charge is 2.20. The smallest absolute Gasteiger partial charge is 0.338 e. The van der Waals surface area contributed by atoms with Crippen molar-refractivity contribution in [1.82, 2.24) is 5.32 Å². The van der Waals surface area contributed by atoms with E-state index in [0.717, 1.165) is 25.7 Å². The number of nitrogens with one attached hydrogen (secondary N) is 2. The Hall–Kier alpha value is -3.27. The molecular weight excluding hydrogens is 436 g/mol. The van der Waals surface area contributed by atoms with E-state index in [-0.39, 0.29) is 34.7 Å². The molecule has 32 heavy (non-hydrogen) atoms. The number of ether oxygens (including phenoxy) is 3. The highest BCUT2D eigenvalue weighted by molar-refractivity contribution is 7.92. The first kappa shape index (κ1) is 21.9. The van der Waals surface area contributed by atoms with Gasteiger partial charge in [0.2, 0.25) is 0 Å². The number of rotatable bonds is 7. The van der Waals surface area contributed by atoms with Gasteiger partial charge in [-0.3, -0.25) is 9.52 Å². The summed E-state index contributed by atoms with van der Waals surface area (Å²) in [6, 6.07) is 10.3. The van der Waals surface area contributed by atoms with Crippen LogP contribution in [-0.2, 0) is 19.6 Å². The van der Waals surface area contributed by atoms with Crippen LogP contribution < -0.4 is 19.5 Å². The number of sulfonamides is 1. The van der Waals surface area contributed by atoms with Gasteiger partial charge < -0.3 is 19.5 Å². The van der Waals surface area contributed by atoms with Crippen molar-refractivity contribution in [2.75, 3.05) is 24.5 Å². The van der Waals surface area contributed by atoms with Crippen LogP contribution in [0, 0.1) is 0 Å². The monoisotopic (exact) mass is 460 g/mol. The maximum absolute atomic E-state index is 12.7. The number of esters is 1. The van der Waals surface area contributed by atoms with Crippen LogP contribution in [0.5, 0.6) is 11.5 Å². The topological polar surface area (TPSA) is 120 Å². The van der Waals surface area contributed by atoms with Gasteiger partial charge in [0, 0.05) is 17.8 Å². The second kappa shape index (κ2) is 9.47. The summed E-state index contributed by atoms with van der Waals surface area (Å²) in [6.07, 6.45) is 4.08. The van der Waals surface area contributed by atoms with Gasteiger partial charge in [0.1, 0.15) is 13.2 Å². The second-order valence-corrected chi connectivity index (χ2v) is 9.30. The Morgan fingerprint density at radius 2 is 1.66 bits per heavy atom. The average Bonchev–Trinajstić information content (AvgIpc) is 3.30. The normalized spacial score (nSPS) is 15.8. The molecule has 1 fully saturated rings. The third-order valence-corrected chi connectivity index (χ3v) is 6.63. The van der Waals surface area contributed by atoms with E-state index in [1.54, 1.807) is 6.07 Å². The van der Waals surface area contributed by atoms with Gasteiger partial charge in [-0.1, -0.05) is 12.8 Å². The number of hydrogen-bond acceptors (Lipinski definition) is 7. The highest BCUT2D eigenvalue weighted by Crippen LogP contribution is 2.32. The van der Waals surface area contributed by atoms with E-state index in [1.165, 1.54) is 36.4 Å². The minimum Gasteiger partial charge on any atom is -0.486 e. The van der Waals surface area contributed by atoms with Crippen molar-refractivity contribution in [3.63, 3.8) is 0 Å². The number of carbonyl (C=O) groups excluding carboxylic acids is 2. The molecule has 0 atom stereocenters. The Morgan fingerprint density at radius 1 is 0.969 bits per heavy atom. The summed E-state index contributed by atoms with van der Waals surface area (Å²) >= 11 is 0. The number of fused-ring (bicyclic) bond motifs is 1. The Morgan fingerprint density at radius 3 is 2.38 bits per heavy atom. The number of amides is 1. The predicted octanol–water partition coefficient (Wildman–Crippen LogP) is 2.47. The van der Waals surface area contributed by atoms with E-state index < -0.39 is 16.0 Å². The fourth-order valence-corrected chi connectivity index (χ4v) is 4.71. The van der Waals surface area contributed by atoms with Gasteiger partial charge in [-0.2, -0.15) is 0 Å². The molecule has 10 heteroatoms. The molecule has 2 N–H and O–H groups in total. The van der Waals surface area contributed by atoms with Crippen LogP contribution in [0.4, 0.5) is 5.69 Å². The Balaban J connectivity index is 1.33. The Bertz CT molecular complexity index is 1090. The zero-order chi connectivity index (χ0) is 22.6. The van der Waals surface area contributed by atoms with Gasteiger partial charge in [0.05, 0.1) is 10.5 Å². The average molecular weight is 461 g/mol. The summed E-state index contributed by atoms with van der Waals surface area (Å²) in [6.45, 7) is 0.412. The largest absolute Gasteiger partial charge is 0.486 e. The second-order valence-electron chi connectivity index (χ2n) is 7.61. The van der Waals surface area contributed by atoms with Crippen molar-refractivity contribution < 1.29 is 32.2 Å². The van der Waals surface area contributed by atoms with Crippen molar-refractivity contribution in [3.05, 3.63) is 48.0 Å². The number of benzene rings is 2. The van der Waals surface area contributed by atoms with Gasteiger partial charge in [-0.15, -0.1) is 0 Å². The predicted molar refractivity (Wildman–Crippen MR) is 115 cm³/mol. The lowest BCUT2D eigenvalue weighted by molar-refractivity contribution is -0.124. The minimum atomic E-state index is -3.87. The van der Waals surface area contributed by atoms with Crippen LogP contribution in [-0.4, -0.2) is 46.2 Å². The molecule has 2 aromatic rings. The summed E-state index contributed by atoms with van der Waals surface area (Å²) in [5, 5.41) is 2.85. The van der Waals surface area contributed by atoms with E-state index in [1.807, 2.05) is 0 Å². The highest BCUT2D eigenvalue weighted by atomic mass is 32.2. The molecule has 0 radical (unpaired) electrons. The van der Waals surface area contributed by atoms with Crippen molar-refractivity contribution in [2.45, 2.75) is 36.6 Å². The fourth-order valence-electron chi connectivity index (χ4n) is 3.63. The van der Waals surface area contributed by atoms with Crippen LogP contribution in [0.3, 0.4) is 0 Å². The summed E-state index contributed by atoms with van der Waals surface area (Å²) < 4.78 is 43.7. The number of anilines is 1. The molecule has 0 bridgehead atoms. The summed E-state index contributed by atoms with van der Waals surface area (Å²) in [5.74, 6) is -0.119. The molecule has 0 saturated heterocycles. The molecule has 1 aliphatic carbocycles. The zero-order valence-corrected chi connectivity index (χ0v) is 18.2. The van der Waals surface area contributed by atoms with Crippen LogP contribution in [0.2, 0.25) is 0 Å². The van der Waals surface area contributed by atoms with E-state index in [2.05, 4.69) is 10.0 Å². The molecule has 9 nitrogen and oxygen atoms in total. The lowest BCUT2D eigenvalue weighted by Gasteiger charge is -2.19. The van der Waals surface area contributed by atoms with Crippen LogP contribution in [0.25, 0.3) is 0 Å². The minimum absolute atomic E-state index is 0.0264. The van der Waals surface area contributed by atoms with Gasteiger partial charge >= 0.3 is 5.97 Å². The first-order chi connectivity index (χ1) is 15.4. The molecule has 1 aliphatic heterocycles. The molecule has 0 unspecified atom stereocenters. The van der Waals surface area contributed by atoms with Crippen LogP contribution in [0.1, 0.15) is 36.0 Å². The lowest BCUT2D eigenvalue weighted by Crippen LogP contribution is -2.35. The van der Waals surface area contributed by atoms with E-state index in [9.17, 15) is 18.0 Å². The van der Waals surface area contributed by atoms with E-state index >= 15 is 0 Å². The summed E-state index contributed by atoms with van der Waals surface area (Å²) in [5.41, 5.74) is 0.483. The maximum Gasteiger partial charge on any atom is 0.338 e. The van der Waals surface area contributed by atoms with Gasteiger partial charge in [-0.25, -0.2) is 13.2 Å². The molecule has 2 aliphatic rings. The molecule has 1 heterocycles. The lowest BCUT2D eigenvalue weighted by atomic mass is 10.2. The molecule has 0 spiro atoms. The first-order valence-corrected chi connectivity index (χ1v) is 11.9. The van der Waals surface area contributed by atoms with Crippen LogP contribution in [0.15, 0.2) is 47.4 Å². The molecular formula is C22H24N2O7S. The summed E-state index contributed by atoms with van der Waals surface area (Å²) in [7, 11) is -3.87. The third-order valence-electron chi connectivity index (χ3n) is 5.25. The third kappa shape index (κ3) is 5.31.